The van der Waals surface area contributed by atoms with Crippen LogP contribution in [0.25, 0.3) is 0 Å². The Morgan fingerprint density at radius 2 is 1.50 bits per heavy atom. The molecule has 0 radical (unpaired) electrons. The lowest BCUT2D eigenvalue weighted by Gasteiger charge is -2.23. The molecule has 0 aliphatic rings. The van der Waals surface area contributed by atoms with Gasteiger partial charge in [0.2, 0.25) is 9.05 Å². The highest BCUT2D eigenvalue weighted by molar-refractivity contribution is 8.13. The highest BCUT2D eigenvalue weighted by Crippen LogP contribution is 2.29. The number of methoxy groups -OCH3 is 2. The summed E-state index contributed by atoms with van der Waals surface area (Å²) in [4.78, 5) is 0. The second-order valence-electron chi connectivity index (χ2n) is 5.18. The first-order valence-corrected chi connectivity index (χ1v) is 8.41. The summed E-state index contributed by atoms with van der Waals surface area (Å²) >= 11 is 0. The topological polar surface area (TPSA) is 61.8 Å². The van der Waals surface area contributed by atoms with E-state index in [1.165, 1.54) is 0 Å². The van der Waals surface area contributed by atoms with Gasteiger partial charge in [-0.05, 0) is 0 Å². The van der Waals surface area contributed by atoms with Crippen LogP contribution in [0.1, 0.15) is 13.8 Å². The van der Waals surface area contributed by atoms with Gasteiger partial charge < -0.3 is 14.2 Å². The molecule has 1 rings (SSSR count). The fourth-order valence-electron chi connectivity index (χ4n) is 1.65. The highest BCUT2D eigenvalue weighted by atomic mass is 35.7. The van der Waals surface area contributed by atoms with Crippen molar-refractivity contribution < 1.29 is 22.6 Å². The summed E-state index contributed by atoms with van der Waals surface area (Å²) in [5.74, 6) is 1.58. The van der Waals surface area contributed by atoms with Gasteiger partial charge in [0.1, 0.15) is 17.2 Å². The van der Waals surface area contributed by atoms with Crippen LogP contribution in [0.4, 0.5) is 0 Å². The Bertz CT molecular complexity index is 532. The summed E-state index contributed by atoms with van der Waals surface area (Å²) in [7, 11) is 4.79. The molecule has 20 heavy (non-hydrogen) atoms. The molecule has 0 bridgehead atoms. The normalized spacial score (nSPS) is 12.1. The second kappa shape index (κ2) is 6.54. The van der Waals surface area contributed by atoms with E-state index in [1.54, 1.807) is 46.3 Å². The van der Waals surface area contributed by atoms with Crippen molar-refractivity contribution in [3.8, 4) is 17.2 Å². The van der Waals surface area contributed by atoms with Crippen molar-refractivity contribution in [3.05, 3.63) is 18.2 Å². The van der Waals surface area contributed by atoms with Gasteiger partial charge in [-0.25, -0.2) is 8.42 Å². The van der Waals surface area contributed by atoms with E-state index in [1.807, 2.05) is 0 Å². The molecule has 0 saturated heterocycles. The van der Waals surface area contributed by atoms with Crippen molar-refractivity contribution >= 4 is 19.7 Å². The lowest BCUT2D eigenvalue weighted by atomic mass is 9.98. The van der Waals surface area contributed by atoms with Crippen molar-refractivity contribution in [2.75, 3.05) is 26.6 Å². The number of rotatable bonds is 7. The maximum absolute atomic E-state index is 11.1. The minimum atomic E-state index is -3.57. The van der Waals surface area contributed by atoms with Crippen LogP contribution in [0, 0.1) is 5.41 Å². The van der Waals surface area contributed by atoms with Crippen molar-refractivity contribution in [3.63, 3.8) is 0 Å². The standard InChI is InChI=1S/C13H19ClO5S/c1-13(2,9-20(14,15)16)8-19-12-6-10(17-3)5-11(7-12)18-4/h5-7H,8-9H2,1-4H3. The zero-order valence-corrected chi connectivity index (χ0v) is 13.5. The largest absolute Gasteiger partial charge is 0.496 e. The van der Waals surface area contributed by atoms with Gasteiger partial charge in [-0.3, -0.25) is 0 Å². The van der Waals surface area contributed by atoms with Crippen LogP contribution in [0.3, 0.4) is 0 Å². The number of hydrogen-bond acceptors (Lipinski definition) is 5. The Hall–Kier alpha value is -1.14. The average Bonchev–Trinajstić information content (AvgIpc) is 2.33. The minimum absolute atomic E-state index is 0.164. The van der Waals surface area contributed by atoms with E-state index in [-0.39, 0.29) is 12.4 Å². The SMILES string of the molecule is COc1cc(OC)cc(OCC(C)(C)CS(=O)(=O)Cl)c1. The third kappa shape index (κ3) is 5.88. The van der Waals surface area contributed by atoms with Crippen molar-refractivity contribution in [2.24, 2.45) is 5.41 Å². The Labute approximate surface area is 124 Å². The predicted octanol–water partition coefficient (Wildman–Crippen LogP) is 2.68. The van der Waals surface area contributed by atoms with E-state index in [0.29, 0.717) is 17.2 Å². The number of halogens is 1. The fraction of sp³-hybridized carbons (Fsp3) is 0.538. The molecular weight excluding hydrogens is 304 g/mol. The highest BCUT2D eigenvalue weighted by Gasteiger charge is 2.26. The molecule has 0 atom stereocenters. The molecule has 0 unspecified atom stereocenters. The molecule has 0 saturated carbocycles. The zero-order valence-electron chi connectivity index (χ0n) is 12.0. The third-order valence-corrected chi connectivity index (χ3v) is 3.97. The predicted molar refractivity (Wildman–Crippen MR) is 78.5 cm³/mol. The van der Waals surface area contributed by atoms with Gasteiger partial charge in [0, 0.05) is 34.3 Å². The van der Waals surface area contributed by atoms with E-state index >= 15 is 0 Å². The third-order valence-electron chi connectivity index (χ3n) is 2.52. The van der Waals surface area contributed by atoms with Crippen LogP contribution < -0.4 is 14.2 Å². The summed E-state index contributed by atoms with van der Waals surface area (Å²) in [6, 6.07) is 5.13. The number of ether oxygens (including phenoxy) is 3. The molecule has 7 heteroatoms. The molecule has 114 valence electrons. The van der Waals surface area contributed by atoms with Crippen LogP contribution in [-0.4, -0.2) is 35.0 Å². The summed E-state index contributed by atoms with van der Waals surface area (Å²) in [5, 5.41) is 0. The smallest absolute Gasteiger partial charge is 0.233 e. The molecule has 1 aromatic rings. The van der Waals surface area contributed by atoms with Crippen molar-refractivity contribution in [1.82, 2.24) is 0 Å². The van der Waals surface area contributed by atoms with E-state index < -0.39 is 14.5 Å². The molecule has 0 N–H and O–H groups in total. The number of hydrogen-bond donors (Lipinski definition) is 0. The summed E-state index contributed by atoms with van der Waals surface area (Å²) in [6.07, 6.45) is 0. The monoisotopic (exact) mass is 322 g/mol. The van der Waals surface area contributed by atoms with Gasteiger partial charge in [0.25, 0.3) is 0 Å². The maximum atomic E-state index is 11.1. The van der Waals surface area contributed by atoms with Gasteiger partial charge in [-0.1, -0.05) is 13.8 Å². The zero-order chi connectivity index (χ0) is 15.4. The van der Waals surface area contributed by atoms with E-state index in [2.05, 4.69) is 0 Å². The first-order chi connectivity index (χ1) is 9.15. The lowest BCUT2D eigenvalue weighted by Crippen LogP contribution is -2.28. The van der Waals surface area contributed by atoms with E-state index in [0.717, 1.165) is 0 Å². The molecule has 0 aromatic heterocycles. The van der Waals surface area contributed by atoms with E-state index in [4.69, 9.17) is 24.9 Å². The average molecular weight is 323 g/mol. The summed E-state index contributed by atoms with van der Waals surface area (Å²) in [6.45, 7) is 3.74. The van der Waals surface area contributed by atoms with E-state index in [9.17, 15) is 8.42 Å². The molecule has 0 spiro atoms. The Balaban J connectivity index is 2.78. The molecule has 0 aliphatic carbocycles. The molecule has 1 aromatic carbocycles. The Morgan fingerprint density at radius 3 is 1.90 bits per heavy atom. The molecule has 0 amide bonds. The Morgan fingerprint density at radius 1 is 1.05 bits per heavy atom. The minimum Gasteiger partial charge on any atom is -0.496 e. The molecule has 0 fully saturated rings. The van der Waals surface area contributed by atoms with Crippen molar-refractivity contribution in [1.29, 1.82) is 0 Å². The van der Waals surface area contributed by atoms with Crippen LogP contribution in [-0.2, 0) is 9.05 Å². The lowest BCUT2D eigenvalue weighted by molar-refractivity contribution is 0.199. The van der Waals surface area contributed by atoms with Gasteiger partial charge in [0.05, 0.1) is 26.6 Å². The van der Waals surface area contributed by atoms with Gasteiger partial charge in [-0.15, -0.1) is 0 Å². The summed E-state index contributed by atoms with van der Waals surface area (Å²) < 4.78 is 38.1. The van der Waals surface area contributed by atoms with Gasteiger partial charge in [0.15, 0.2) is 0 Å². The second-order valence-corrected chi connectivity index (χ2v) is 7.96. The molecular formula is C13H19ClO5S. The van der Waals surface area contributed by atoms with Crippen LogP contribution in [0.5, 0.6) is 17.2 Å². The Kier molecular flexibility index (Phi) is 5.53. The fourth-order valence-corrected chi connectivity index (χ4v) is 3.55. The molecule has 0 aliphatic heterocycles. The van der Waals surface area contributed by atoms with Crippen molar-refractivity contribution in [2.45, 2.75) is 13.8 Å². The maximum Gasteiger partial charge on any atom is 0.233 e. The van der Waals surface area contributed by atoms with Crippen LogP contribution in [0.2, 0.25) is 0 Å². The van der Waals surface area contributed by atoms with Crippen LogP contribution in [0.15, 0.2) is 18.2 Å². The molecule has 5 nitrogen and oxygen atoms in total. The first-order valence-electron chi connectivity index (χ1n) is 5.93. The quantitative estimate of drug-likeness (QED) is 0.722. The van der Waals surface area contributed by atoms with Crippen LogP contribution >= 0.6 is 10.7 Å². The van der Waals surface area contributed by atoms with Gasteiger partial charge in [-0.2, -0.15) is 0 Å². The summed E-state index contributed by atoms with van der Waals surface area (Å²) in [5.41, 5.74) is -0.600. The first kappa shape index (κ1) is 16.9. The molecule has 0 heterocycles. The van der Waals surface area contributed by atoms with Gasteiger partial charge >= 0.3 is 0 Å². The number of benzene rings is 1.